The van der Waals surface area contributed by atoms with Gasteiger partial charge in [-0.1, -0.05) is 6.92 Å². The number of likely N-dealkylation sites (tertiary alicyclic amines) is 1. The number of nitrogens with two attached hydrogens (primary N) is 1. The Morgan fingerprint density at radius 3 is 2.67 bits per heavy atom. The maximum atomic E-state index is 12.5. The second-order valence-electron chi connectivity index (χ2n) is 5.80. The average molecular weight is 342 g/mol. The van der Waals surface area contributed by atoms with Crippen molar-refractivity contribution in [2.24, 2.45) is 11.7 Å². The van der Waals surface area contributed by atoms with Gasteiger partial charge >= 0.3 is 0 Å². The summed E-state index contributed by atoms with van der Waals surface area (Å²) in [4.78, 5) is 16.8. The van der Waals surface area contributed by atoms with Crippen LogP contribution in [0.4, 0.5) is 0 Å². The van der Waals surface area contributed by atoms with Gasteiger partial charge in [0.05, 0.1) is 6.61 Å². The lowest BCUT2D eigenvalue weighted by molar-refractivity contribution is -0.151. The molecule has 2 aliphatic heterocycles. The number of carbonyl (C=O) groups excluding carboxylic acids is 1. The van der Waals surface area contributed by atoms with Gasteiger partial charge in [0.1, 0.15) is 6.10 Å². The van der Waals surface area contributed by atoms with Gasteiger partial charge in [-0.05, 0) is 32.2 Å². The number of halogens is 2. The first-order valence-corrected chi connectivity index (χ1v) is 7.50. The molecule has 2 rings (SSSR count). The van der Waals surface area contributed by atoms with Crippen LogP contribution in [0.25, 0.3) is 0 Å². The molecule has 0 spiro atoms. The van der Waals surface area contributed by atoms with Gasteiger partial charge < -0.3 is 15.4 Å². The molecule has 21 heavy (non-hydrogen) atoms. The zero-order valence-electron chi connectivity index (χ0n) is 13.0. The molecule has 0 aromatic rings. The molecule has 2 N–H and O–H groups in total. The summed E-state index contributed by atoms with van der Waals surface area (Å²) < 4.78 is 5.66. The number of likely N-dealkylation sites (N-methyl/N-ethyl adjacent to an activating group) is 1. The number of rotatable bonds is 3. The van der Waals surface area contributed by atoms with Crippen LogP contribution in [0.5, 0.6) is 0 Å². The lowest BCUT2D eigenvalue weighted by Gasteiger charge is -2.38. The van der Waals surface area contributed by atoms with E-state index >= 15 is 0 Å². The molecule has 7 heteroatoms. The topological polar surface area (TPSA) is 58.8 Å². The lowest BCUT2D eigenvalue weighted by Crippen LogP contribution is -2.54. The first kappa shape index (κ1) is 20.9. The molecule has 2 heterocycles. The molecule has 2 saturated heterocycles. The number of hydrogen-bond donors (Lipinski definition) is 1. The summed E-state index contributed by atoms with van der Waals surface area (Å²) in [6.07, 6.45) is 1.91. The number of hydrogen-bond acceptors (Lipinski definition) is 4. The van der Waals surface area contributed by atoms with Crippen molar-refractivity contribution in [1.29, 1.82) is 0 Å². The fourth-order valence-electron chi connectivity index (χ4n) is 2.98. The molecule has 0 saturated carbocycles. The predicted octanol–water partition coefficient (Wildman–Crippen LogP) is 1.14. The molecule has 126 valence electrons. The summed E-state index contributed by atoms with van der Waals surface area (Å²) in [6.45, 7) is 9.12. The standard InChI is InChI=1S/C14H27N3O2.2ClH/c1-3-16-7-8-19-13(10-16)14(18)17-6-4-5-12(9-17)11(2)15;;/h11-13H,3-10,15H2,1-2H3;2*1H. The van der Waals surface area contributed by atoms with Crippen LogP contribution in [0.3, 0.4) is 0 Å². The number of nitrogens with zero attached hydrogens (tertiary/aromatic N) is 2. The van der Waals surface area contributed by atoms with E-state index in [4.69, 9.17) is 10.5 Å². The zero-order chi connectivity index (χ0) is 13.8. The summed E-state index contributed by atoms with van der Waals surface area (Å²) in [5.74, 6) is 0.590. The van der Waals surface area contributed by atoms with Crippen molar-refractivity contribution in [3.8, 4) is 0 Å². The Morgan fingerprint density at radius 2 is 2.05 bits per heavy atom. The molecule has 2 fully saturated rings. The molecule has 3 unspecified atom stereocenters. The Labute approximate surface area is 140 Å². The largest absolute Gasteiger partial charge is 0.366 e. The summed E-state index contributed by atoms with van der Waals surface area (Å²) in [5.41, 5.74) is 5.97. The first-order chi connectivity index (χ1) is 9.11. The van der Waals surface area contributed by atoms with Crippen molar-refractivity contribution < 1.29 is 9.53 Å². The third kappa shape index (κ3) is 5.57. The van der Waals surface area contributed by atoms with Crippen LogP contribution in [0, 0.1) is 5.92 Å². The lowest BCUT2D eigenvalue weighted by atomic mass is 9.92. The van der Waals surface area contributed by atoms with E-state index in [1.807, 2.05) is 11.8 Å². The van der Waals surface area contributed by atoms with Crippen molar-refractivity contribution in [3.05, 3.63) is 0 Å². The predicted molar refractivity (Wildman–Crippen MR) is 89.3 cm³/mol. The normalized spacial score (nSPS) is 28.2. The number of morpholine rings is 1. The zero-order valence-corrected chi connectivity index (χ0v) is 14.6. The average Bonchev–Trinajstić information content (AvgIpc) is 2.46. The van der Waals surface area contributed by atoms with E-state index in [1.165, 1.54) is 0 Å². The van der Waals surface area contributed by atoms with Crippen molar-refractivity contribution in [3.63, 3.8) is 0 Å². The van der Waals surface area contributed by atoms with Crippen molar-refractivity contribution in [1.82, 2.24) is 9.80 Å². The highest BCUT2D eigenvalue weighted by molar-refractivity contribution is 5.85. The Balaban J connectivity index is 0.00000200. The Kier molecular flexibility index (Phi) is 9.81. The van der Waals surface area contributed by atoms with E-state index in [-0.39, 0.29) is 42.9 Å². The number of carbonyl (C=O) groups is 1. The summed E-state index contributed by atoms with van der Waals surface area (Å²) in [6, 6.07) is 0.162. The molecule has 5 nitrogen and oxygen atoms in total. The highest BCUT2D eigenvalue weighted by atomic mass is 35.5. The van der Waals surface area contributed by atoms with Gasteiger partial charge in [0.25, 0.3) is 5.91 Å². The van der Waals surface area contributed by atoms with Crippen LogP contribution < -0.4 is 5.73 Å². The van der Waals surface area contributed by atoms with E-state index in [1.54, 1.807) is 0 Å². The molecule has 0 bridgehead atoms. The van der Waals surface area contributed by atoms with E-state index < -0.39 is 0 Å². The van der Waals surface area contributed by atoms with Gasteiger partial charge in [-0.3, -0.25) is 9.69 Å². The quantitative estimate of drug-likeness (QED) is 0.836. The fraction of sp³-hybridized carbons (Fsp3) is 0.929. The Hall–Kier alpha value is -0.0700. The minimum absolute atomic E-state index is 0. The van der Waals surface area contributed by atoms with Gasteiger partial charge in [0, 0.05) is 32.2 Å². The molecular weight excluding hydrogens is 313 g/mol. The Bertz CT molecular complexity index is 319. The van der Waals surface area contributed by atoms with Crippen molar-refractivity contribution in [2.45, 2.75) is 38.8 Å². The second kappa shape index (κ2) is 9.85. The van der Waals surface area contributed by atoms with Crippen molar-refractivity contribution in [2.75, 3.05) is 39.3 Å². The van der Waals surface area contributed by atoms with Gasteiger partial charge in [-0.2, -0.15) is 0 Å². The summed E-state index contributed by atoms with van der Waals surface area (Å²) in [7, 11) is 0. The van der Waals surface area contributed by atoms with Crippen LogP contribution in [-0.4, -0.2) is 67.2 Å². The molecule has 0 aromatic carbocycles. The van der Waals surface area contributed by atoms with Crippen LogP contribution in [-0.2, 0) is 9.53 Å². The van der Waals surface area contributed by atoms with E-state index in [2.05, 4.69) is 11.8 Å². The SMILES string of the molecule is CCN1CCOC(C(=O)N2CCCC(C(C)N)C2)C1.Cl.Cl. The monoisotopic (exact) mass is 341 g/mol. The second-order valence-corrected chi connectivity index (χ2v) is 5.80. The summed E-state index contributed by atoms with van der Waals surface area (Å²) in [5, 5.41) is 0. The van der Waals surface area contributed by atoms with Gasteiger partial charge in [-0.25, -0.2) is 0 Å². The van der Waals surface area contributed by atoms with E-state index in [0.29, 0.717) is 12.5 Å². The molecule has 0 aliphatic carbocycles. The smallest absolute Gasteiger partial charge is 0.253 e. The maximum absolute atomic E-state index is 12.5. The molecule has 1 amide bonds. The van der Waals surface area contributed by atoms with E-state index in [9.17, 15) is 4.79 Å². The minimum atomic E-state index is -0.277. The maximum Gasteiger partial charge on any atom is 0.253 e. The first-order valence-electron chi connectivity index (χ1n) is 7.50. The molecular formula is C14H29Cl2N3O2. The number of amides is 1. The van der Waals surface area contributed by atoms with Gasteiger partial charge in [0.15, 0.2) is 0 Å². The van der Waals surface area contributed by atoms with Crippen LogP contribution in [0.15, 0.2) is 0 Å². The highest BCUT2D eigenvalue weighted by Crippen LogP contribution is 2.20. The molecule has 0 aromatic heterocycles. The van der Waals surface area contributed by atoms with Crippen LogP contribution in [0.1, 0.15) is 26.7 Å². The third-order valence-electron chi connectivity index (χ3n) is 4.39. The molecule has 2 aliphatic rings. The van der Waals surface area contributed by atoms with Gasteiger partial charge in [-0.15, -0.1) is 24.8 Å². The highest BCUT2D eigenvalue weighted by Gasteiger charge is 2.33. The summed E-state index contributed by atoms with van der Waals surface area (Å²) >= 11 is 0. The third-order valence-corrected chi connectivity index (χ3v) is 4.39. The molecule has 3 atom stereocenters. The van der Waals surface area contributed by atoms with E-state index in [0.717, 1.165) is 45.6 Å². The number of ether oxygens (including phenoxy) is 1. The Morgan fingerprint density at radius 1 is 1.33 bits per heavy atom. The van der Waals surface area contributed by atoms with Gasteiger partial charge in [0.2, 0.25) is 0 Å². The minimum Gasteiger partial charge on any atom is -0.366 e. The fourth-order valence-corrected chi connectivity index (χ4v) is 2.98. The van der Waals surface area contributed by atoms with Crippen LogP contribution >= 0.6 is 24.8 Å². The number of piperidine rings is 1. The van der Waals surface area contributed by atoms with Crippen LogP contribution in [0.2, 0.25) is 0 Å². The molecule has 0 radical (unpaired) electrons. The van der Waals surface area contributed by atoms with Crippen molar-refractivity contribution >= 4 is 30.7 Å².